The monoisotopic (exact) mass is 412 g/mol. The van der Waals surface area contributed by atoms with Crippen molar-refractivity contribution in [2.24, 2.45) is 4.99 Å². The van der Waals surface area contributed by atoms with Crippen molar-refractivity contribution in [1.29, 1.82) is 0 Å². The van der Waals surface area contributed by atoms with E-state index in [0.29, 0.717) is 18.2 Å². The third kappa shape index (κ3) is 4.86. The number of benzene rings is 2. The highest BCUT2D eigenvalue weighted by molar-refractivity contribution is 6.32. The average Bonchev–Trinajstić information content (AvgIpc) is 2.89. The summed E-state index contributed by atoms with van der Waals surface area (Å²) in [6.07, 6.45) is 3.81. The van der Waals surface area contributed by atoms with Crippen molar-refractivity contribution in [3.63, 3.8) is 0 Å². The van der Waals surface area contributed by atoms with Crippen LogP contribution in [0.4, 0.5) is 5.69 Å². The van der Waals surface area contributed by atoms with E-state index in [4.69, 9.17) is 21.1 Å². The molecule has 1 amide bonds. The summed E-state index contributed by atoms with van der Waals surface area (Å²) < 4.78 is 11.4. The number of hydrogen-bond acceptors (Lipinski definition) is 4. The van der Waals surface area contributed by atoms with Crippen molar-refractivity contribution >= 4 is 28.9 Å². The van der Waals surface area contributed by atoms with Crippen molar-refractivity contribution in [3.05, 3.63) is 64.7 Å². The molecule has 2 aliphatic heterocycles. The average molecular weight is 413 g/mol. The lowest BCUT2D eigenvalue weighted by Gasteiger charge is -2.25. The van der Waals surface area contributed by atoms with Gasteiger partial charge in [0.2, 0.25) is 5.91 Å². The van der Waals surface area contributed by atoms with Gasteiger partial charge >= 0.3 is 0 Å². The molecule has 0 radical (unpaired) electrons. The highest BCUT2D eigenvalue weighted by Crippen LogP contribution is 2.30. The van der Waals surface area contributed by atoms with Crippen LogP contribution < -0.4 is 4.90 Å². The third-order valence-electron chi connectivity index (χ3n) is 5.19. The molecule has 1 fully saturated rings. The predicted molar refractivity (Wildman–Crippen MR) is 115 cm³/mol. The number of nitrogens with zero attached hydrogens (tertiary/aromatic N) is 2. The number of carbonyl (C=O) groups is 1. The minimum absolute atomic E-state index is 0.0200. The van der Waals surface area contributed by atoms with Gasteiger partial charge in [-0.15, -0.1) is 0 Å². The second-order valence-corrected chi connectivity index (χ2v) is 7.69. The minimum atomic E-state index is -0.109. The van der Waals surface area contributed by atoms with E-state index in [2.05, 4.69) is 4.99 Å². The van der Waals surface area contributed by atoms with Crippen molar-refractivity contribution < 1.29 is 14.3 Å². The fourth-order valence-electron chi connectivity index (χ4n) is 3.75. The molecule has 1 atom stereocenters. The van der Waals surface area contributed by atoms with Gasteiger partial charge in [-0.2, -0.15) is 0 Å². The topological polar surface area (TPSA) is 51.1 Å². The van der Waals surface area contributed by atoms with Crippen LogP contribution in [0.5, 0.6) is 0 Å². The fourth-order valence-corrected chi connectivity index (χ4v) is 3.92. The Balaban J connectivity index is 1.51. The summed E-state index contributed by atoms with van der Waals surface area (Å²) in [5.74, 6) is -0.0200. The standard InChI is InChI=1S/C23H25ClN2O3/c24-18-10-11-20-19(15-18)23(17-7-2-1-3-8-17)25-16-21(27)26(20)12-6-14-29-22-9-4-5-13-28-22/h1-3,7-8,10-11,15,22H,4-6,9,12-14,16H2. The van der Waals surface area contributed by atoms with Crippen LogP contribution in [-0.4, -0.2) is 44.2 Å². The summed E-state index contributed by atoms with van der Waals surface area (Å²) in [6.45, 7) is 2.01. The molecule has 152 valence electrons. The fraction of sp³-hybridized carbons (Fsp3) is 0.391. The lowest BCUT2D eigenvalue weighted by molar-refractivity contribution is -0.162. The maximum atomic E-state index is 12.9. The van der Waals surface area contributed by atoms with Gasteiger partial charge in [0.25, 0.3) is 0 Å². The number of amides is 1. The lowest BCUT2D eigenvalue weighted by Crippen LogP contribution is -2.34. The molecule has 4 rings (SSSR count). The Morgan fingerprint density at radius 1 is 1.17 bits per heavy atom. The SMILES string of the molecule is O=C1CN=C(c2ccccc2)c2cc(Cl)ccc2N1CCCOC1CCCCO1. The van der Waals surface area contributed by atoms with E-state index in [1.807, 2.05) is 48.5 Å². The van der Waals surface area contributed by atoms with Crippen LogP contribution >= 0.6 is 11.6 Å². The van der Waals surface area contributed by atoms with Crippen molar-refractivity contribution in [2.45, 2.75) is 32.0 Å². The molecule has 6 heteroatoms. The first kappa shape index (κ1) is 20.1. The zero-order valence-electron chi connectivity index (χ0n) is 16.4. The number of carbonyl (C=O) groups excluding carboxylic acids is 1. The van der Waals surface area contributed by atoms with Crippen LogP contribution in [0.1, 0.15) is 36.8 Å². The van der Waals surface area contributed by atoms with Gasteiger partial charge in [-0.1, -0.05) is 41.9 Å². The molecule has 0 aromatic heterocycles. The lowest BCUT2D eigenvalue weighted by atomic mass is 10.00. The third-order valence-corrected chi connectivity index (χ3v) is 5.43. The van der Waals surface area contributed by atoms with Crippen LogP contribution in [0, 0.1) is 0 Å². The van der Waals surface area contributed by atoms with Crippen LogP contribution in [0.15, 0.2) is 53.5 Å². The maximum absolute atomic E-state index is 12.9. The minimum Gasteiger partial charge on any atom is -0.353 e. The number of hydrogen-bond donors (Lipinski definition) is 0. The molecular formula is C23H25ClN2O3. The normalized spacial score (nSPS) is 19.5. The first-order valence-corrected chi connectivity index (χ1v) is 10.5. The Morgan fingerprint density at radius 3 is 2.83 bits per heavy atom. The maximum Gasteiger partial charge on any atom is 0.248 e. The molecule has 0 spiro atoms. The second kappa shape index (κ2) is 9.53. The van der Waals surface area contributed by atoms with E-state index < -0.39 is 0 Å². The van der Waals surface area contributed by atoms with Gasteiger partial charge in [-0.05, 0) is 43.9 Å². The van der Waals surface area contributed by atoms with E-state index in [0.717, 1.165) is 54.8 Å². The molecule has 0 N–H and O–H groups in total. The zero-order valence-corrected chi connectivity index (χ0v) is 17.1. The molecule has 2 aromatic rings. The molecule has 0 aliphatic carbocycles. The molecule has 2 aliphatic rings. The van der Waals surface area contributed by atoms with Gasteiger partial charge in [0.15, 0.2) is 6.29 Å². The van der Waals surface area contributed by atoms with Gasteiger partial charge in [-0.25, -0.2) is 0 Å². The molecule has 1 saturated heterocycles. The number of halogens is 1. The number of aliphatic imine (C=N–C) groups is 1. The van der Waals surface area contributed by atoms with Crippen LogP contribution in [0.25, 0.3) is 0 Å². The van der Waals surface area contributed by atoms with E-state index in [9.17, 15) is 4.79 Å². The molecule has 0 saturated carbocycles. The number of anilines is 1. The first-order chi connectivity index (χ1) is 14.2. The van der Waals surface area contributed by atoms with Gasteiger partial charge in [0, 0.05) is 29.3 Å². The van der Waals surface area contributed by atoms with Crippen LogP contribution in [-0.2, 0) is 14.3 Å². The number of rotatable bonds is 6. The molecule has 0 bridgehead atoms. The van der Waals surface area contributed by atoms with Crippen molar-refractivity contribution in [2.75, 3.05) is 31.2 Å². The van der Waals surface area contributed by atoms with E-state index in [1.165, 1.54) is 0 Å². The van der Waals surface area contributed by atoms with E-state index >= 15 is 0 Å². The second-order valence-electron chi connectivity index (χ2n) is 7.26. The predicted octanol–water partition coefficient (Wildman–Crippen LogP) is 4.46. The highest BCUT2D eigenvalue weighted by Gasteiger charge is 2.25. The smallest absolute Gasteiger partial charge is 0.248 e. The van der Waals surface area contributed by atoms with E-state index in [-0.39, 0.29) is 18.7 Å². The summed E-state index contributed by atoms with van der Waals surface area (Å²) >= 11 is 6.29. The summed E-state index contributed by atoms with van der Waals surface area (Å²) in [5.41, 5.74) is 3.49. The molecule has 2 aromatic carbocycles. The van der Waals surface area contributed by atoms with Gasteiger partial charge in [0.05, 0.1) is 18.0 Å². The Morgan fingerprint density at radius 2 is 2.03 bits per heavy atom. The summed E-state index contributed by atoms with van der Waals surface area (Å²) in [7, 11) is 0. The zero-order chi connectivity index (χ0) is 20.1. The Bertz CT molecular complexity index is 879. The van der Waals surface area contributed by atoms with Gasteiger partial charge < -0.3 is 14.4 Å². The highest BCUT2D eigenvalue weighted by atomic mass is 35.5. The number of fused-ring (bicyclic) bond motifs is 1. The van der Waals surface area contributed by atoms with Crippen LogP contribution in [0.3, 0.4) is 0 Å². The molecule has 2 heterocycles. The number of benzodiazepines with no additional fused rings is 1. The van der Waals surface area contributed by atoms with Crippen molar-refractivity contribution in [3.8, 4) is 0 Å². The summed E-state index contributed by atoms with van der Waals surface area (Å²) in [6, 6.07) is 15.5. The Kier molecular flexibility index (Phi) is 6.60. The van der Waals surface area contributed by atoms with Crippen LogP contribution in [0.2, 0.25) is 5.02 Å². The largest absolute Gasteiger partial charge is 0.353 e. The Hall–Kier alpha value is -2.21. The molecule has 29 heavy (non-hydrogen) atoms. The van der Waals surface area contributed by atoms with Gasteiger partial charge in [-0.3, -0.25) is 9.79 Å². The Labute approximate surface area is 176 Å². The molecule has 5 nitrogen and oxygen atoms in total. The first-order valence-electron chi connectivity index (χ1n) is 10.2. The molecule has 1 unspecified atom stereocenters. The van der Waals surface area contributed by atoms with Gasteiger partial charge in [0.1, 0.15) is 6.54 Å². The van der Waals surface area contributed by atoms with Crippen molar-refractivity contribution in [1.82, 2.24) is 0 Å². The quantitative estimate of drug-likeness (QED) is 0.658. The van der Waals surface area contributed by atoms with E-state index in [1.54, 1.807) is 4.90 Å². The number of ether oxygens (including phenoxy) is 2. The molecular weight excluding hydrogens is 388 g/mol. The summed E-state index contributed by atoms with van der Waals surface area (Å²) in [5, 5.41) is 0.625. The summed E-state index contributed by atoms with van der Waals surface area (Å²) in [4.78, 5) is 19.3.